The van der Waals surface area contributed by atoms with E-state index in [0.29, 0.717) is 12.1 Å². The molecule has 1 heterocycles. The molecule has 3 atom stereocenters. The first kappa shape index (κ1) is 9.87. The van der Waals surface area contributed by atoms with Crippen molar-refractivity contribution in [1.29, 1.82) is 0 Å². The zero-order chi connectivity index (χ0) is 9.97. The lowest BCUT2D eigenvalue weighted by atomic mass is 10.1. The van der Waals surface area contributed by atoms with Gasteiger partial charge in [0.1, 0.15) is 0 Å². The summed E-state index contributed by atoms with van der Waals surface area (Å²) in [6.45, 7) is 6.52. The monoisotopic (exact) mass is 194 g/mol. The molecule has 3 nitrogen and oxygen atoms in total. The maximum atomic E-state index is 5.77. The zero-order valence-corrected chi connectivity index (χ0v) is 8.65. The fourth-order valence-corrected chi connectivity index (χ4v) is 1.62. The van der Waals surface area contributed by atoms with E-state index in [1.807, 2.05) is 0 Å². The number of ether oxygens (including phenoxy) is 1. The molecule has 0 spiro atoms. The van der Waals surface area contributed by atoms with E-state index in [1.165, 1.54) is 12.8 Å². The maximum absolute atomic E-state index is 5.77. The van der Waals surface area contributed by atoms with Gasteiger partial charge in [0.25, 0.3) is 0 Å². The van der Waals surface area contributed by atoms with E-state index < -0.39 is 0 Å². The van der Waals surface area contributed by atoms with Crippen LogP contribution in [0.4, 0.5) is 0 Å². The first-order valence-electron chi connectivity index (χ1n) is 5.32. The third-order valence-corrected chi connectivity index (χ3v) is 2.79. The second-order valence-electron chi connectivity index (χ2n) is 4.12. The van der Waals surface area contributed by atoms with Crippen LogP contribution in [0.5, 0.6) is 0 Å². The molecule has 3 heteroatoms. The lowest BCUT2D eigenvalue weighted by Crippen LogP contribution is -2.44. The highest BCUT2D eigenvalue weighted by Gasteiger charge is 2.27. The summed E-state index contributed by atoms with van der Waals surface area (Å²) in [5, 5.41) is 3.41. The van der Waals surface area contributed by atoms with Gasteiger partial charge in [0.05, 0.1) is 18.2 Å². The summed E-state index contributed by atoms with van der Waals surface area (Å²) >= 11 is 0. The molecule has 0 radical (unpaired) electrons. The van der Waals surface area contributed by atoms with Crippen molar-refractivity contribution >= 4 is 6.72 Å². The quantitative estimate of drug-likeness (QED) is 0.538. The van der Waals surface area contributed by atoms with Gasteiger partial charge in [0, 0.05) is 12.6 Å². The molecule has 2 aliphatic rings. The molecular weight excluding hydrogens is 176 g/mol. The minimum absolute atomic E-state index is 0.244. The summed E-state index contributed by atoms with van der Waals surface area (Å²) in [5.41, 5.74) is 0. The minimum atomic E-state index is 0.244. The zero-order valence-electron chi connectivity index (χ0n) is 8.65. The highest BCUT2D eigenvalue weighted by atomic mass is 16.5. The second kappa shape index (κ2) is 4.24. The molecule has 1 aliphatic heterocycles. The minimum Gasteiger partial charge on any atom is -0.370 e. The standard InChI is InChI=1S/C11H18N2O/c1-8(12-2)11-6-5-10(7-13-11)14-9-3-4-9/h5-6,8-11,13H,2-4,7H2,1H3. The average Bonchev–Trinajstić information content (AvgIpc) is 3.02. The van der Waals surface area contributed by atoms with Crippen molar-refractivity contribution in [3.63, 3.8) is 0 Å². The molecule has 3 unspecified atom stereocenters. The molecule has 1 aliphatic carbocycles. The van der Waals surface area contributed by atoms with Gasteiger partial charge in [0.2, 0.25) is 0 Å². The highest BCUT2D eigenvalue weighted by Crippen LogP contribution is 2.25. The van der Waals surface area contributed by atoms with Crippen molar-refractivity contribution in [2.75, 3.05) is 6.54 Å². The number of nitrogens with zero attached hydrogens (tertiary/aromatic N) is 1. The Balaban J connectivity index is 1.82. The number of hydrogen-bond acceptors (Lipinski definition) is 3. The Morgan fingerprint density at radius 1 is 1.50 bits per heavy atom. The SMILES string of the molecule is C=NC(C)C1C=CC(OC2CC2)CN1. The molecule has 0 aromatic heterocycles. The molecule has 2 rings (SSSR count). The Kier molecular flexibility index (Phi) is 2.99. The molecule has 1 fully saturated rings. The Labute approximate surface area is 85.2 Å². The van der Waals surface area contributed by atoms with Gasteiger partial charge in [0.15, 0.2) is 0 Å². The van der Waals surface area contributed by atoms with Crippen molar-refractivity contribution in [3.8, 4) is 0 Å². The van der Waals surface area contributed by atoms with Crippen LogP contribution in [0.25, 0.3) is 0 Å². The lowest BCUT2D eigenvalue weighted by molar-refractivity contribution is 0.0656. The van der Waals surface area contributed by atoms with Gasteiger partial charge in [-0.05, 0) is 26.5 Å². The van der Waals surface area contributed by atoms with Crippen LogP contribution < -0.4 is 5.32 Å². The predicted molar refractivity (Wildman–Crippen MR) is 57.8 cm³/mol. The average molecular weight is 194 g/mol. The van der Waals surface area contributed by atoms with Gasteiger partial charge < -0.3 is 10.1 Å². The van der Waals surface area contributed by atoms with Crippen molar-refractivity contribution in [2.45, 2.75) is 44.1 Å². The number of rotatable bonds is 4. The topological polar surface area (TPSA) is 33.6 Å². The van der Waals surface area contributed by atoms with Crippen LogP contribution in [0, 0.1) is 0 Å². The molecule has 0 bridgehead atoms. The first-order chi connectivity index (χ1) is 6.79. The molecule has 0 amide bonds. The Hall–Kier alpha value is -0.670. The van der Waals surface area contributed by atoms with Gasteiger partial charge in [-0.1, -0.05) is 12.2 Å². The number of aliphatic imine (C=N–C) groups is 1. The molecule has 0 aromatic rings. The van der Waals surface area contributed by atoms with E-state index in [-0.39, 0.29) is 12.1 Å². The van der Waals surface area contributed by atoms with Crippen molar-refractivity contribution in [2.24, 2.45) is 4.99 Å². The molecule has 1 saturated carbocycles. The second-order valence-corrected chi connectivity index (χ2v) is 4.12. The highest BCUT2D eigenvalue weighted by molar-refractivity contribution is 5.25. The number of hydrogen-bond donors (Lipinski definition) is 1. The molecule has 1 N–H and O–H groups in total. The fraction of sp³-hybridized carbons (Fsp3) is 0.727. The van der Waals surface area contributed by atoms with E-state index in [2.05, 4.69) is 36.1 Å². The van der Waals surface area contributed by atoms with Crippen molar-refractivity contribution in [1.82, 2.24) is 5.32 Å². The summed E-state index contributed by atoms with van der Waals surface area (Å²) in [6, 6.07) is 0.569. The van der Waals surface area contributed by atoms with Gasteiger partial charge in [-0.3, -0.25) is 4.99 Å². The Bertz CT molecular complexity index is 235. The van der Waals surface area contributed by atoms with Crippen LogP contribution in [0.2, 0.25) is 0 Å². The Morgan fingerprint density at radius 3 is 2.79 bits per heavy atom. The predicted octanol–water partition coefficient (Wildman–Crippen LogP) is 1.15. The van der Waals surface area contributed by atoms with E-state index >= 15 is 0 Å². The maximum Gasteiger partial charge on any atom is 0.0884 e. The summed E-state index contributed by atoms with van der Waals surface area (Å²) in [5.74, 6) is 0. The number of nitrogens with one attached hydrogen (secondary N) is 1. The first-order valence-corrected chi connectivity index (χ1v) is 5.32. The van der Waals surface area contributed by atoms with Crippen LogP contribution in [0.3, 0.4) is 0 Å². The van der Waals surface area contributed by atoms with Crippen molar-refractivity contribution in [3.05, 3.63) is 12.2 Å². The van der Waals surface area contributed by atoms with Gasteiger partial charge >= 0.3 is 0 Å². The summed E-state index contributed by atoms with van der Waals surface area (Å²) < 4.78 is 5.77. The third kappa shape index (κ3) is 2.42. The molecule has 14 heavy (non-hydrogen) atoms. The van der Waals surface area contributed by atoms with Crippen molar-refractivity contribution < 1.29 is 4.74 Å². The summed E-state index contributed by atoms with van der Waals surface area (Å²) in [7, 11) is 0. The molecule has 0 aromatic carbocycles. The van der Waals surface area contributed by atoms with E-state index in [0.717, 1.165) is 6.54 Å². The third-order valence-electron chi connectivity index (χ3n) is 2.79. The van der Waals surface area contributed by atoms with Gasteiger partial charge in [-0.15, -0.1) is 0 Å². The Morgan fingerprint density at radius 2 is 2.29 bits per heavy atom. The van der Waals surface area contributed by atoms with E-state index in [9.17, 15) is 0 Å². The van der Waals surface area contributed by atoms with Gasteiger partial charge in [-0.25, -0.2) is 0 Å². The van der Waals surface area contributed by atoms with Crippen LogP contribution >= 0.6 is 0 Å². The normalized spacial score (nSPS) is 34.1. The van der Waals surface area contributed by atoms with E-state index in [4.69, 9.17) is 4.74 Å². The molecular formula is C11H18N2O. The largest absolute Gasteiger partial charge is 0.370 e. The van der Waals surface area contributed by atoms with Crippen LogP contribution in [-0.4, -0.2) is 37.6 Å². The summed E-state index contributed by atoms with van der Waals surface area (Å²) in [4.78, 5) is 4.01. The lowest BCUT2D eigenvalue weighted by Gasteiger charge is -2.26. The van der Waals surface area contributed by atoms with E-state index in [1.54, 1.807) is 0 Å². The smallest absolute Gasteiger partial charge is 0.0884 e. The van der Waals surface area contributed by atoms with Gasteiger partial charge in [-0.2, -0.15) is 0 Å². The van der Waals surface area contributed by atoms with Crippen LogP contribution in [0.1, 0.15) is 19.8 Å². The van der Waals surface area contributed by atoms with Crippen LogP contribution in [-0.2, 0) is 4.74 Å². The molecule has 0 saturated heterocycles. The molecule has 78 valence electrons. The van der Waals surface area contributed by atoms with Crippen LogP contribution in [0.15, 0.2) is 17.1 Å². The fourth-order valence-electron chi connectivity index (χ4n) is 1.62. The summed E-state index contributed by atoms with van der Waals surface area (Å²) in [6.07, 6.45) is 7.56.